The Balaban J connectivity index is -0.000000398. The standard InChI is InChI=1S/C10H20O4S.C5H12.C4H8O2.C2H4/c1-10(2,3)15-14-9-7(12)4-5-13-8(9)6-11;1-5(2,3)4;1-3-6-4(2)5;1-2/h7-9,11-12H,4-6H2,1-3H3;1-4H3;3H2,1-2H3;1-2H2/t7-,8-,9+;;;/m1.../s1. The molecule has 1 heterocycles. The van der Waals surface area contributed by atoms with Gasteiger partial charge in [0.2, 0.25) is 0 Å². The summed E-state index contributed by atoms with van der Waals surface area (Å²) in [4.78, 5) is 9.82. The first-order valence-electron chi connectivity index (χ1n) is 9.59. The summed E-state index contributed by atoms with van der Waals surface area (Å²) in [5.74, 6) is -0.211. The fraction of sp³-hybridized carbons (Fsp3) is 0.857. The van der Waals surface area contributed by atoms with Crippen LogP contribution in [-0.4, -0.2) is 59.1 Å². The van der Waals surface area contributed by atoms with Gasteiger partial charge in [-0.05, 0) is 51.6 Å². The van der Waals surface area contributed by atoms with Gasteiger partial charge in [0.1, 0.15) is 12.2 Å². The second-order valence-corrected chi connectivity index (χ2v) is 10.2. The summed E-state index contributed by atoms with van der Waals surface area (Å²) in [6.45, 7) is 24.9. The average molecular weight is 425 g/mol. The number of ether oxygens (including phenoxy) is 2. The van der Waals surface area contributed by atoms with E-state index >= 15 is 0 Å². The van der Waals surface area contributed by atoms with Crippen LogP contribution in [0.15, 0.2) is 13.2 Å². The van der Waals surface area contributed by atoms with Gasteiger partial charge < -0.3 is 23.9 Å². The summed E-state index contributed by atoms with van der Waals surface area (Å²) in [7, 11) is 0. The quantitative estimate of drug-likeness (QED) is 0.393. The highest BCUT2D eigenvalue weighted by atomic mass is 32.2. The van der Waals surface area contributed by atoms with E-state index in [9.17, 15) is 9.90 Å². The molecule has 0 aromatic carbocycles. The van der Waals surface area contributed by atoms with Crippen molar-refractivity contribution in [1.82, 2.24) is 0 Å². The number of aliphatic hydroxyl groups is 2. The number of hydrogen-bond donors (Lipinski definition) is 2. The van der Waals surface area contributed by atoms with Gasteiger partial charge in [0.15, 0.2) is 0 Å². The maximum absolute atomic E-state index is 9.82. The van der Waals surface area contributed by atoms with Crippen molar-refractivity contribution in [3.05, 3.63) is 13.2 Å². The predicted octanol–water partition coefficient (Wildman–Crippen LogP) is 4.38. The molecule has 0 aromatic rings. The van der Waals surface area contributed by atoms with Gasteiger partial charge in [0.25, 0.3) is 0 Å². The van der Waals surface area contributed by atoms with E-state index in [1.54, 1.807) is 6.92 Å². The second kappa shape index (κ2) is 17.3. The number of carbonyl (C=O) groups excluding carboxylic acids is 1. The Morgan fingerprint density at radius 3 is 1.93 bits per heavy atom. The summed E-state index contributed by atoms with van der Waals surface area (Å²) in [6.07, 6.45) is -0.839. The Morgan fingerprint density at radius 2 is 1.64 bits per heavy atom. The molecule has 2 N–H and O–H groups in total. The number of aliphatic hydroxyl groups excluding tert-OH is 2. The molecular weight excluding hydrogens is 380 g/mol. The van der Waals surface area contributed by atoms with Crippen molar-refractivity contribution in [3.63, 3.8) is 0 Å². The fourth-order valence-corrected chi connectivity index (χ4v) is 2.18. The topological polar surface area (TPSA) is 85.2 Å². The zero-order valence-electron chi connectivity index (χ0n) is 19.4. The smallest absolute Gasteiger partial charge is 0.302 e. The highest BCUT2D eigenvalue weighted by Crippen LogP contribution is 2.30. The van der Waals surface area contributed by atoms with Crippen LogP contribution in [0, 0.1) is 5.41 Å². The van der Waals surface area contributed by atoms with E-state index in [2.05, 4.69) is 45.6 Å². The number of carbonyl (C=O) groups is 1. The second-order valence-electron chi connectivity index (χ2n) is 8.63. The number of hydrogen-bond acceptors (Lipinski definition) is 7. The van der Waals surface area contributed by atoms with Crippen LogP contribution < -0.4 is 0 Å². The maximum Gasteiger partial charge on any atom is 0.302 e. The molecule has 0 saturated carbocycles. The van der Waals surface area contributed by atoms with Crippen molar-refractivity contribution in [2.45, 2.75) is 91.8 Å². The van der Waals surface area contributed by atoms with Gasteiger partial charge in [0.05, 0.1) is 19.3 Å². The molecule has 1 aliphatic rings. The Bertz CT molecular complexity index is 370. The van der Waals surface area contributed by atoms with E-state index in [0.29, 0.717) is 25.0 Å². The molecule has 0 aromatic heterocycles. The lowest BCUT2D eigenvalue weighted by Gasteiger charge is -2.35. The summed E-state index contributed by atoms with van der Waals surface area (Å²) < 4.78 is 15.2. The van der Waals surface area contributed by atoms with Crippen LogP contribution in [0.5, 0.6) is 0 Å². The van der Waals surface area contributed by atoms with Gasteiger partial charge in [-0.15, -0.1) is 13.2 Å². The third-order valence-corrected chi connectivity index (χ3v) is 3.25. The van der Waals surface area contributed by atoms with Crippen LogP contribution >= 0.6 is 12.0 Å². The third-order valence-electron chi connectivity index (χ3n) is 2.43. The number of rotatable bonds is 4. The van der Waals surface area contributed by atoms with Gasteiger partial charge in [-0.1, -0.05) is 27.7 Å². The lowest BCUT2D eigenvalue weighted by Crippen LogP contribution is -2.47. The SMILES string of the molecule is C=C.CC(C)(C)C.CC(C)(C)SO[C@H]1[C@H](O)CCO[C@@H]1CO.CCOC(C)=O. The minimum absolute atomic E-state index is 0.0306. The lowest BCUT2D eigenvalue weighted by molar-refractivity contribution is -0.140. The summed E-state index contributed by atoms with van der Waals surface area (Å²) in [5, 5.41) is 18.8. The molecule has 1 fully saturated rings. The summed E-state index contributed by atoms with van der Waals surface area (Å²) in [6, 6.07) is 0. The molecule has 0 bridgehead atoms. The minimum atomic E-state index is -0.550. The normalized spacial score (nSPS) is 21.6. The third kappa shape index (κ3) is 25.4. The van der Waals surface area contributed by atoms with Crippen molar-refractivity contribution < 1.29 is 28.7 Å². The molecular formula is C21H44O6S. The van der Waals surface area contributed by atoms with E-state index < -0.39 is 18.3 Å². The molecule has 1 rings (SSSR count). The molecule has 0 aliphatic carbocycles. The van der Waals surface area contributed by atoms with Crippen molar-refractivity contribution in [2.75, 3.05) is 19.8 Å². The molecule has 0 amide bonds. The molecule has 0 radical (unpaired) electrons. The van der Waals surface area contributed by atoms with Crippen LogP contribution in [0.2, 0.25) is 0 Å². The Hall–Kier alpha value is -0.600. The van der Waals surface area contributed by atoms with Gasteiger partial charge >= 0.3 is 5.97 Å². The van der Waals surface area contributed by atoms with Crippen molar-refractivity contribution >= 4 is 18.0 Å². The molecule has 170 valence electrons. The monoisotopic (exact) mass is 424 g/mol. The molecule has 0 spiro atoms. The molecule has 1 saturated heterocycles. The van der Waals surface area contributed by atoms with Gasteiger partial charge in [-0.25, -0.2) is 0 Å². The highest BCUT2D eigenvalue weighted by Gasteiger charge is 2.35. The predicted molar refractivity (Wildman–Crippen MR) is 118 cm³/mol. The Kier molecular flexibility index (Phi) is 19.8. The number of esters is 1. The van der Waals surface area contributed by atoms with Gasteiger partial charge in [-0.3, -0.25) is 4.79 Å². The Morgan fingerprint density at radius 1 is 1.18 bits per heavy atom. The van der Waals surface area contributed by atoms with E-state index in [0.717, 1.165) is 0 Å². The van der Waals surface area contributed by atoms with Crippen LogP contribution in [-0.2, 0) is 18.5 Å². The first-order chi connectivity index (χ1) is 12.7. The van der Waals surface area contributed by atoms with E-state index in [4.69, 9.17) is 14.0 Å². The first kappa shape index (κ1) is 32.1. The van der Waals surface area contributed by atoms with Gasteiger partial charge in [0, 0.05) is 18.3 Å². The first-order valence-corrected chi connectivity index (χ1v) is 10.3. The van der Waals surface area contributed by atoms with Crippen LogP contribution in [0.4, 0.5) is 0 Å². The van der Waals surface area contributed by atoms with Crippen LogP contribution in [0.25, 0.3) is 0 Å². The van der Waals surface area contributed by atoms with Crippen molar-refractivity contribution in [3.8, 4) is 0 Å². The molecule has 3 atom stereocenters. The zero-order chi connectivity index (χ0) is 23.0. The van der Waals surface area contributed by atoms with E-state index in [1.165, 1.54) is 19.0 Å². The van der Waals surface area contributed by atoms with E-state index in [-0.39, 0.29) is 17.3 Å². The lowest BCUT2D eigenvalue weighted by atomic mass is 10.0. The van der Waals surface area contributed by atoms with Crippen molar-refractivity contribution in [1.29, 1.82) is 0 Å². The molecule has 1 aliphatic heterocycles. The average Bonchev–Trinajstić information content (AvgIpc) is 2.53. The maximum atomic E-state index is 9.82. The summed E-state index contributed by atoms with van der Waals surface area (Å²) in [5.41, 5.74) is 0.500. The van der Waals surface area contributed by atoms with Gasteiger partial charge in [-0.2, -0.15) is 0 Å². The molecule has 6 nitrogen and oxygen atoms in total. The molecule has 28 heavy (non-hydrogen) atoms. The largest absolute Gasteiger partial charge is 0.466 e. The van der Waals surface area contributed by atoms with Crippen LogP contribution in [0.1, 0.15) is 68.7 Å². The molecule has 7 heteroatoms. The fourth-order valence-electron chi connectivity index (χ4n) is 1.53. The Labute approximate surface area is 177 Å². The summed E-state index contributed by atoms with van der Waals surface area (Å²) >= 11 is 1.31. The molecule has 0 unspecified atom stereocenters. The minimum Gasteiger partial charge on any atom is -0.466 e. The highest BCUT2D eigenvalue weighted by molar-refractivity contribution is 7.96. The van der Waals surface area contributed by atoms with Crippen LogP contribution in [0.3, 0.4) is 0 Å². The van der Waals surface area contributed by atoms with E-state index in [1.807, 2.05) is 20.8 Å². The zero-order valence-corrected chi connectivity index (χ0v) is 20.2. The van der Waals surface area contributed by atoms with Crippen molar-refractivity contribution in [2.24, 2.45) is 5.41 Å².